The summed E-state index contributed by atoms with van der Waals surface area (Å²) >= 11 is 0. The molecule has 0 spiro atoms. The predicted octanol–water partition coefficient (Wildman–Crippen LogP) is 3.28. The van der Waals surface area contributed by atoms with Gasteiger partial charge >= 0.3 is 0 Å². The largest absolute Gasteiger partial charge is 0.382 e. The third-order valence-corrected chi connectivity index (χ3v) is 4.11. The van der Waals surface area contributed by atoms with E-state index in [4.69, 9.17) is 0 Å². The molecule has 0 aliphatic heterocycles. The van der Waals surface area contributed by atoms with Crippen molar-refractivity contribution in [2.24, 2.45) is 0 Å². The van der Waals surface area contributed by atoms with Crippen LogP contribution in [0.2, 0.25) is 0 Å². The van der Waals surface area contributed by atoms with Crippen molar-refractivity contribution in [1.82, 2.24) is 15.5 Å². The number of anilines is 1. The summed E-state index contributed by atoms with van der Waals surface area (Å²) in [6.45, 7) is 4.45. The fraction of sp³-hybridized carbons (Fsp3) is 0.562. The first-order valence-electron chi connectivity index (χ1n) is 7.66. The molecule has 3 rings (SSSR count). The molecule has 20 heavy (non-hydrogen) atoms. The number of hydrogen-bond donors (Lipinski definition) is 3. The monoisotopic (exact) mass is 272 g/mol. The highest BCUT2D eigenvalue weighted by molar-refractivity contribution is 5.81. The lowest BCUT2D eigenvalue weighted by molar-refractivity contribution is 0.336. The van der Waals surface area contributed by atoms with Gasteiger partial charge in [-0.05, 0) is 43.9 Å². The lowest BCUT2D eigenvalue weighted by Gasteiger charge is -2.31. The molecule has 0 atom stereocenters. The Balaban J connectivity index is 1.56. The summed E-state index contributed by atoms with van der Waals surface area (Å²) < 4.78 is 0. The molecule has 3 N–H and O–H groups in total. The first-order chi connectivity index (χ1) is 9.70. The maximum atomic E-state index is 4.07. The van der Waals surface area contributed by atoms with Crippen molar-refractivity contribution >= 4 is 16.6 Å². The van der Waals surface area contributed by atoms with Crippen LogP contribution >= 0.6 is 0 Å². The summed E-state index contributed by atoms with van der Waals surface area (Å²) in [5.74, 6) is 0. The molecule has 0 bridgehead atoms. The van der Waals surface area contributed by atoms with Crippen molar-refractivity contribution in [1.29, 1.82) is 0 Å². The minimum absolute atomic E-state index is 0.591. The fourth-order valence-corrected chi connectivity index (χ4v) is 3.14. The number of aromatic nitrogens is 2. The lowest BCUT2D eigenvalue weighted by Crippen LogP contribution is -2.40. The summed E-state index contributed by atoms with van der Waals surface area (Å²) in [5, 5.41) is 15.5. The number of fused-ring (bicyclic) bond motifs is 1. The Labute approximate surface area is 120 Å². The second-order valence-corrected chi connectivity index (χ2v) is 6.19. The molecule has 4 heteroatoms. The molecule has 1 aliphatic carbocycles. The molecule has 1 heterocycles. The summed E-state index contributed by atoms with van der Waals surface area (Å²) in [7, 11) is 0. The molecule has 1 saturated carbocycles. The molecule has 1 fully saturated rings. The molecule has 0 unspecified atom stereocenters. The highest BCUT2D eigenvalue weighted by Crippen LogP contribution is 2.24. The molecular formula is C16H24N4. The van der Waals surface area contributed by atoms with Crippen molar-refractivity contribution in [2.75, 3.05) is 5.32 Å². The zero-order valence-corrected chi connectivity index (χ0v) is 12.3. The highest BCUT2D eigenvalue weighted by atomic mass is 15.1. The van der Waals surface area contributed by atoms with Gasteiger partial charge in [0.05, 0.1) is 11.7 Å². The van der Waals surface area contributed by atoms with Crippen LogP contribution in [0.1, 0.15) is 39.5 Å². The molecule has 0 radical (unpaired) electrons. The SMILES string of the molecule is CC(C)N[C@H]1CC[C@H](Nc2ccc3[nH]ncc3c2)CC1. The Morgan fingerprint density at radius 1 is 1.15 bits per heavy atom. The molecule has 1 aromatic heterocycles. The Hall–Kier alpha value is -1.55. The summed E-state index contributed by atoms with van der Waals surface area (Å²) in [5.41, 5.74) is 2.31. The Bertz CT molecular complexity index is 552. The van der Waals surface area contributed by atoms with Gasteiger partial charge in [-0.25, -0.2) is 0 Å². The van der Waals surface area contributed by atoms with Gasteiger partial charge in [-0.15, -0.1) is 0 Å². The van der Waals surface area contributed by atoms with E-state index in [1.165, 1.54) is 36.8 Å². The van der Waals surface area contributed by atoms with E-state index in [-0.39, 0.29) is 0 Å². The average Bonchev–Trinajstić information content (AvgIpc) is 2.88. The van der Waals surface area contributed by atoms with Gasteiger partial charge in [-0.3, -0.25) is 5.10 Å². The van der Waals surface area contributed by atoms with Crippen molar-refractivity contribution in [3.8, 4) is 0 Å². The number of hydrogen-bond acceptors (Lipinski definition) is 3. The van der Waals surface area contributed by atoms with E-state index in [9.17, 15) is 0 Å². The van der Waals surface area contributed by atoms with E-state index < -0.39 is 0 Å². The van der Waals surface area contributed by atoms with Crippen LogP contribution in [0.15, 0.2) is 24.4 Å². The minimum Gasteiger partial charge on any atom is -0.382 e. The maximum Gasteiger partial charge on any atom is 0.0651 e. The van der Waals surface area contributed by atoms with Crippen LogP contribution in [0.4, 0.5) is 5.69 Å². The van der Waals surface area contributed by atoms with Crippen molar-refractivity contribution in [2.45, 2.75) is 57.7 Å². The van der Waals surface area contributed by atoms with Gasteiger partial charge in [0.25, 0.3) is 0 Å². The number of rotatable bonds is 4. The zero-order valence-electron chi connectivity index (χ0n) is 12.3. The minimum atomic E-state index is 0.591. The molecule has 0 amide bonds. The van der Waals surface area contributed by atoms with Gasteiger partial charge < -0.3 is 10.6 Å². The van der Waals surface area contributed by atoms with Crippen LogP contribution < -0.4 is 10.6 Å². The lowest BCUT2D eigenvalue weighted by atomic mass is 9.90. The van der Waals surface area contributed by atoms with Crippen LogP contribution in [-0.2, 0) is 0 Å². The van der Waals surface area contributed by atoms with Gasteiger partial charge in [0, 0.05) is 29.2 Å². The Kier molecular flexibility index (Phi) is 3.92. The third kappa shape index (κ3) is 3.12. The molecule has 2 aromatic rings. The first-order valence-corrected chi connectivity index (χ1v) is 7.66. The second-order valence-electron chi connectivity index (χ2n) is 6.19. The highest BCUT2D eigenvalue weighted by Gasteiger charge is 2.21. The van der Waals surface area contributed by atoms with E-state index >= 15 is 0 Å². The van der Waals surface area contributed by atoms with Crippen molar-refractivity contribution < 1.29 is 0 Å². The molecule has 1 aliphatic rings. The van der Waals surface area contributed by atoms with E-state index in [1.54, 1.807) is 0 Å². The van der Waals surface area contributed by atoms with Gasteiger partial charge in [0.2, 0.25) is 0 Å². The first kappa shape index (κ1) is 13.4. The van der Waals surface area contributed by atoms with Gasteiger partial charge in [0.15, 0.2) is 0 Å². The predicted molar refractivity (Wildman–Crippen MR) is 84.0 cm³/mol. The number of nitrogens with zero attached hydrogens (tertiary/aromatic N) is 1. The van der Waals surface area contributed by atoms with Crippen LogP contribution in [0.25, 0.3) is 10.9 Å². The van der Waals surface area contributed by atoms with Crippen LogP contribution in [0.3, 0.4) is 0 Å². The smallest absolute Gasteiger partial charge is 0.0651 e. The molecule has 0 saturated heterocycles. The fourth-order valence-electron chi connectivity index (χ4n) is 3.14. The number of nitrogens with one attached hydrogen (secondary N) is 3. The van der Waals surface area contributed by atoms with Gasteiger partial charge in [0.1, 0.15) is 0 Å². The van der Waals surface area contributed by atoms with Gasteiger partial charge in [-0.1, -0.05) is 13.8 Å². The quantitative estimate of drug-likeness (QED) is 0.800. The number of aromatic amines is 1. The number of benzene rings is 1. The van der Waals surface area contributed by atoms with E-state index in [0.717, 1.165) is 5.52 Å². The zero-order chi connectivity index (χ0) is 13.9. The number of H-pyrrole nitrogens is 1. The normalized spacial score (nSPS) is 23.4. The average molecular weight is 272 g/mol. The van der Waals surface area contributed by atoms with E-state index in [1.807, 2.05) is 6.20 Å². The van der Waals surface area contributed by atoms with Crippen molar-refractivity contribution in [3.63, 3.8) is 0 Å². The van der Waals surface area contributed by atoms with Crippen LogP contribution in [0, 0.1) is 0 Å². The Morgan fingerprint density at radius 3 is 2.65 bits per heavy atom. The molecule has 1 aromatic carbocycles. The summed E-state index contributed by atoms with van der Waals surface area (Å²) in [6.07, 6.45) is 6.90. The molecule has 4 nitrogen and oxygen atoms in total. The van der Waals surface area contributed by atoms with Crippen molar-refractivity contribution in [3.05, 3.63) is 24.4 Å². The van der Waals surface area contributed by atoms with E-state index in [2.05, 4.69) is 52.9 Å². The van der Waals surface area contributed by atoms with Crippen LogP contribution in [-0.4, -0.2) is 28.3 Å². The molecular weight excluding hydrogens is 248 g/mol. The second kappa shape index (κ2) is 5.83. The van der Waals surface area contributed by atoms with Crippen LogP contribution in [0.5, 0.6) is 0 Å². The Morgan fingerprint density at radius 2 is 1.90 bits per heavy atom. The van der Waals surface area contributed by atoms with Gasteiger partial charge in [-0.2, -0.15) is 5.10 Å². The molecule has 108 valence electrons. The summed E-state index contributed by atoms with van der Waals surface area (Å²) in [6, 6.07) is 8.30. The summed E-state index contributed by atoms with van der Waals surface area (Å²) in [4.78, 5) is 0. The third-order valence-electron chi connectivity index (χ3n) is 4.11. The van der Waals surface area contributed by atoms with E-state index in [0.29, 0.717) is 18.1 Å². The maximum absolute atomic E-state index is 4.07. The standard InChI is InChI=1S/C16H24N4/c1-11(2)18-13-3-5-14(6-4-13)19-15-7-8-16-12(9-15)10-17-20-16/h7-11,13-14,18-19H,3-6H2,1-2H3,(H,17,20)/t13-,14-. The topological polar surface area (TPSA) is 52.7 Å².